The number of aryl methyl sites for hydroxylation is 1. The number of hydrogen-bond acceptors (Lipinski definition) is 3. The van der Waals surface area contributed by atoms with Gasteiger partial charge in [0.25, 0.3) is 0 Å². The van der Waals surface area contributed by atoms with E-state index in [1.165, 1.54) is 12.1 Å². The third-order valence-corrected chi connectivity index (χ3v) is 5.31. The predicted octanol–water partition coefficient (Wildman–Crippen LogP) is 5.15. The number of H-pyrrole nitrogens is 1. The maximum absolute atomic E-state index is 13.5. The first-order chi connectivity index (χ1) is 15.2. The molecule has 0 saturated heterocycles. The maximum atomic E-state index is 13.5. The van der Waals surface area contributed by atoms with E-state index < -0.39 is 0 Å². The van der Waals surface area contributed by atoms with Crippen molar-refractivity contribution in [2.45, 2.75) is 12.8 Å². The Bertz CT molecular complexity index is 1320. The fourth-order valence-corrected chi connectivity index (χ4v) is 3.81. The van der Waals surface area contributed by atoms with Crippen molar-refractivity contribution in [3.63, 3.8) is 0 Å². The summed E-state index contributed by atoms with van der Waals surface area (Å²) in [6.07, 6.45) is 3.07. The van der Waals surface area contributed by atoms with Crippen LogP contribution in [-0.2, 0) is 6.42 Å². The van der Waals surface area contributed by atoms with E-state index in [4.69, 9.17) is 5.10 Å². The average Bonchev–Trinajstić information content (AvgIpc) is 3.43. The number of aliphatic hydroxyl groups excluding tert-OH is 1. The lowest BCUT2D eigenvalue weighted by Crippen LogP contribution is -2.00. The summed E-state index contributed by atoms with van der Waals surface area (Å²) in [6.45, 7) is 0.108. The molecule has 0 bridgehead atoms. The quantitative estimate of drug-likeness (QED) is 0.405. The lowest BCUT2D eigenvalue weighted by atomic mass is 10.1. The number of nitrogens with one attached hydrogen (secondary N) is 1. The number of fused-ring (bicyclic) bond motifs is 1. The summed E-state index contributed by atoms with van der Waals surface area (Å²) in [7, 11) is 0. The van der Waals surface area contributed by atoms with E-state index in [1.807, 2.05) is 35.0 Å². The van der Waals surface area contributed by atoms with Crippen LogP contribution in [-0.4, -0.2) is 31.5 Å². The van der Waals surface area contributed by atoms with Crippen molar-refractivity contribution in [2.75, 3.05) is 6.61 Å². The van der Waals surface area contributed by atoms with Gasteiger partial charge in [0.05, 0.1) is 17.1 Å². The SMILES string of the molecule is OCCCc1cc(-c2ccnc3[nH]c(-c4ccccc4)cc23)n(-c2ccc(F)cc2)n1. The van der Waals surface area contributed by atoms with Gasteiger partial charge in [-0.05, 0) is 60.9 Å². The molecular weight excluding hydrogens is 391 g/mol. The van der Waals surface area contributed by atoms with Crippen molar-refractivity contribution in [3.8, 4) is 28.2 Å². The molecule has 0 fully saturated rings. The first-order valence-corrected chi connectivity index (χ1v) is 10.2. The highest BCUT2D eigenvalue weighted by Gasteiger charge is 2.16. The van der Waals surface area contributed by atoms with E-state index in [9.17, 15) is 9.50 Å². The van der Waals surface area contributed by atoms with Crippen molar-refractivity contribution in [2.24, 2.45) is 0 Å². The van der Waals surface area contributed by atoms with Gasteiger partial charge >= 0.3 is 0 Å². The summed E-state index contributed by atoms with van der Waals surface area (Å²) in [4.78, 5) is 7.92. The van der Waals surface area contributed by atoms with E-state index in [0.717, 1.165) is 44.9 Å². The summed E-state index contributed by atoms with van der Waals surface area (Å²) in [6, 6.07) is 22.5. The summed E-state index contributed by atoms with van der Waals surface area (Å²) in [5, 5.41) is 15.0. The molecule has 5 rings (SSSR count). The number of nitrogens with zero attached hydrogens (tertiary/aromatic N) is 3. The highest BCUT2D eigenvalue weighted by atomic mass is 19.1. The van der Waals surface area contributed by atoms with Gasteiger partial charge in [0.1, 0.15) is 11.5 Å². The van der Waals surface area contributed by atoms with E-state index in [1.54, 1.807) is 18.3 Å². The summed E-state index contributed by atoms with van der Waals surface area (Å²) in [5.74, 6) is -0.289. The van der Waals surface area contributed by atoms with Gasteiger partial charge in [0, 0.05) is 29.4 Å². The van der Waals surface area contributed by atoms with Crippen LogP contribution >= 0.6 is 0 Å². The Balaban J connectivity index is 1.67. The molecule has 0 unspecified atom stereocenters. The molecule has 0 amide bonds. The minimum Gasteiger partial charge on any atom is -0.396 e. The van der Waals surface area contributed by atoms with Gasteiger partial charge in [-0.3, -0.25) is 0 Å². The fourth-order valence-electron chi connectivity index (χ4n) is 3.81. The Morgan fingerprint density at radius 1 is 0.968 bits per heavy atom. The Morgan fingerprint density at radius 3 is 2.55 bits per heavy atom. The standard InChI is InChI=1S/C25H21FN4O/c26-18-8-10-20(11-9-18)30-24(15-19(29-30)7-4-14-31)21-12-13-27-25-22(21)16-23(28-25)17-5-2-1-3-6-17/h1-3,5-6,8-13,15-16,31H,4,7,14H2,(H,27,28). The molecule has 0 saturated carbocycles. The predicted molar refractivity (Wildman–Crippen MR) is 119 cm³/mol. The van der Waals surface area contributed by atoms with Gasteiger partial charge in [0.15, 0.2) is 0 Å². The number of aliphatic hydroxyl groups is 1. The Hall–Kier alpha value is -3.77. The molecule has 2 N–H and O–H groups in total. The fraction of sp³-hybridized carbons (Fsp3) is 0.120. The van der Waals surface area contributed by atoms with Gasteiger partial charge in [-0.2, -0.15) is 5.10 Å². The summed E-state index contributed by atoms with van der Waals surface area (Å²) in [5.41, 5.74) is 6.39. The average molecular weight is 412 g/mol. The molecule has 3 heterocycles. The van der Waals surface area contributed by atoms with Gasteiger partial charge in [-0.1, -0.05) is 30.3 Å². The third kappa shape index (κ3) is 3.73. The zero-order valence-electron chi connectivity index (χ0n) is 16.8. The zero-order valence-corrected chi connectivity index (χ0v) is 16.8. The number of halogens is 1. The summed E-state index contributed by atoms with van der Waals surface area (Å²) >= 11 is 0. The minimum atomic E-state index is -0.289. The van der Waals surface area contributed by atoms with Crippen molar-refractivity contribution in [1.82, 2.24) is 19.7 Å². The molecule has 0 aliphatic rings. The van der Waals surface area contributed by atoms with Crippen LogP contribution in [0.1, 0.15) is 12.1 Å². The first-order valence-electron chi connectivity index (χ1n) is 10.2. The Morgan fingerprint density at radius 2 is 1.77 bits per heavy atom. The highest BCUT2D eigenvalue weighted by Crippen LogP contribution is 2.33. The van der Waals surface area contributed by atoms with E-state index in [-0.39, 0.29) is 12.4 Å². The van der Waals surface area contributed by atoms with Crippen molar-refractivity contribution in [1.29, 1.82) is 0 Å². The molecule has 154 valence electrons. The molecule has 5 aromatic rings. The molecule has 0 atom stereocenters. The number of aromatic amines is 1. The van der Waals surface area contributed by atoms with Crippen LogP contribution in [0.15, 0.2) is 79.0 Å². The molecule has 6 heteroatoms. The second-order valence-corrected chi connectivity index (χ2v) is 7.41. The van der Waals surface area contributed by atoms with E-state index >= 15 is 0 Å². The lowest BCUT2D eigenvalue weighted by molar-refractivity contribution is 0.288. The molecule has 5 nitrogen and oxygen atoms in total. The lowest BCUT2D eigenvalue weighted by Gasteiger charge is -2.08. The van der Waals surface area contributed by atoms with Gasteiger partial charge < -0.3 is 10.1 Å². The molecule has 0 aliphatic carbocycles. The maximum Gasteiger partial charge on any atom is 0.138 e. The number of hydrogen-bond donors (Lipinski definition) is 2. The monoisotopic (exact) mass is 412 g/mol. The molecule has 31 heavy (non-hydrogen) atoms. The number of aromatic nitrogens is 4. The van der Waals surface area contributed by atoms with Crippen LogP contribution in [0.5, 0.6) is 0 Å². The molecule has 0 aliphatic heterocycles. The number of benzene rings is 2. The highest BCUT2D eigenvalue weighted by molar-refractivity contribution is 5.95. The largest absolute Gasteiger partial charge is 0.396 e. The molecule has 0 radical (unpaired) electrons. The Kier molecular flexibility index (Phi) is 5.06. The van der Waals surface area contributed by atoms with Crippen molar-refractivity contribution < 1.29 is 9.50 Å². The van der Waals surface area contributed by atoms with Gasteiger partial charge in [-0.25, -0.2) is 14.1 Å². The van der Waals surface area contributed by atoms with Crippen molar-refractivity contribution in [3.05, 3.63) is 90.5 Å². The summed E-state index contributed by atoms with van der Waals surface area (Å²) < 4.78 is 15.3. The van der Waals surface area contributed by atoms with Crippen LogP contribution in [0.2, 0.25) is 0 Å². The van der Waals surface area contributed by atoms with Gasteiger partial charge in [0.2, 0.25) is 0 Å². The molecule has 0 spiro atoms. The Labute approximate surface area is 178 Å². The minimum absolute atomic E-state index is 0.108. The number of pyridine rings is 1. The molecule has 3 aromatic heterocycles. The van der Waals surface area contributed by atoms with E-state index in [2.05, 4.69) is 28.2 Å². The van der Waals surface area contributed by atoms with Crippen LogP contribution in [0, 0.1) is 5.82 Å². The van der Waals surface area contributed by atoms with Crippen LogP contribution in [0.3, 0.4) is 0 Å². The second-order valence-electron chi connectivity index (χ2n) is 7.41. The normalized spacial score (nSPS) is 11.3. The zero-order chi connectivity index (χ0) is 21.2. The number of rotatable bonds is 6. The van der Waals surface area contributed by atoms with Crippen LogP contribution in [0.4, 0.5) is 4.39 Å². The van der Waals surface area contributed by atoms with Crippen LogP contribution in [0.25, 0.3) is 39.2 Å². The molecule has 2 aromatic carbocycles. The first kappa shape index (κ1) is 19.2. The second kappa shape index (κ2) is 8.16. The van der Waals surface area contributed by atoms with Crippen molar-refractivity contribution >= 4 is 11.0 Å². The third-order valence-electron chi connectivity index (χ3n) is 5.31. The topological polar surface area (TPSA) is 66.7 Å². The van der Waals surface area contributed by atoms with Gasteiger partial charge in [-0.15, -0.1) is 0 Å². The molecular formula is C25H21FN4O. The van der Waals surface area contributed by atoms with E-state index in [0.29, 0.717) is 12.8 Å². The smallest absolute Gasteiger partial charge is 0.138 e. The van der Waals surface area contributed by atoms with Crippen LogP contribution < -0.4 is 0 Å².